The molecule has 1 unspecified atom stereocenters. The van der Waals surface area contributed by atoms with E-state index in [0.29, 0.717) is 22.6 Å². The number of Topliss-reactive ketones (excluding diaryl/α,β-unsaturated/α-hetero) is 1. The number of carbonyl (C=O) groups is 3. The van der Waals surface area contributed by atoms with Gasteiger partial charge in [-0.1, -0.05) is 51.1 Å². The van der Waals surface area contributed by atoms with Gasteiger partial charge in [0.05, 0.1) is 30.4 Å². The van der Waals surface area contributed by atoms with Crippen LogP contribution >= 0.6 is 0 Å². The second-order valence-electron chi connectivity index (χ2n) is 11.2. The molecule has 208 valence electrons. The molecule has 1 saturated heterocycles. The predicted octanol–water partition coefficient (Wildman–Crippen LogP) is 6.49. The molecule has 7 nitrogen and oxygen atoms in total. The SMILES string of the molecule is COC(=O)c1cccc(N2C(=O)C(=O)/C(=C(/O)c3ccc(OC(C)C)c(C)c3)C2c2ccc(C(C)(C)C)cc2)c1. The quantitative estimate of drug-likeness (QED) is 0.166. The fourth-order valence-corrected chi connectivity index (χ4v) is 4.82. The first-order chi connectivity index (χ1) is 18.8. The number of ether oxygens (including phenoxy) is 2. The van der Waals surface area contributed by atoms with Crippen LogP contribution in [0.1, 0.15) is 73.3 Å². The summed E-state index contributed by atoms with van der Waals surface area (Å²) in [6.07, 6.45) is -0.0275. The molecule has 1 aliphatic rings. The highest BCUT2D eigenvalue weighted by atomic mass is 16.5. The Bertz CT molecular complexity index is 1490. The summed E-state index contributed by atoms with van der Waals surface area (Å²) in [6, 6.07) is 18.2. The molecule has 1 heterocycles. The molecule has 0 aromatic heterocycles. The van der Waals surface area contributed by atoms with Gasteiger partial charge >= 0.3 is 5.97 Å². The molecule has 0 bridgehead atoms. The lowest BCUT2D eigenvalue weighted by Crippen LogP contribution is -2.29. The van der Waals surface area contributed by atoms with E-state index >= 15 is 0 Å². The number of hydrogen-bond donors (Lipinski definition) is 1. The van der Waals surface area contributed by atoms with Crippen molar-refractivity contribution in [3.05, 3.63) is 100 Å². The molecule has 1 atom stereocenters. The van der Waals surface area contributed by atoms with E-state index in [2.05, 4.69) is 20.8 Å². The van der Waals surface area contributed by atoms with Crippen molar-refractivity contribution < 1.29 is 29.0 Å². The zero-order valence-electron chi connectivity index (χ0n) is 23.9. The lowest BCUT2D eigenvalue weighted by molar-refractivity contribution is -0.132. The Kier molecular flexibility index (Phi) is 7.87. The average molecular weight is 542 g/mol. The van der Waals surface area contributed by atoms with Gasteiger partial charge in [-0.15, -0.1) is 0 Å². The highest BCUT2D eigenvalue weighted by Gasteiger charge is 2.47. The number of benzene rings is 3. The highest BCUT2D eigenvalue weighted by Crippen LogP contribution is 2.43. The van der Waals surface area contributed by atoms with Crippen molar-refractivity contribution in [2.45, 2.75) is 59.1 Å². The molecule has 0 spiro atoms. The van der Waals surface area contributed by atoms with Crippen molar-refractivity contribution in [3.8, 4) is 5.75 Å². The van der Waals surface area contributed by atoms with Crippen LogP contribution in [-0.2, 0) is 19.7 Å². The summed E-state index contributed by atoms with van der Waals surface area (Å²) in [5.74, 6) is -1.80. The van der Waals surface area contributed by atoms with E-state index in [-0.39, 0.29) is 28.4 Å². The summed E-state index contributed by atoms with van der Waals surface area (Å²) >= 11 is 0. The number of aryl methyl sites for hydroxylation is 1. The third-order valence-electron chi connectivity index (χ3n) is 6.89. The summed E-state index contributed by atoms with van der Waals surface area (Å²) in [4.78, 5) is 40.7. The van der Waals surface area contributed by atoms with E-state index in [0.717, 1.165) is 11.1 Å². The lowest BCUT2D eigenvalue weighted by atomic mass is 9.85. The van der Waals surface area contributed by atoms with Gasteiger partial charge in [-0.25, -0.2) is 4.79 Å². The standard InChI is InChI=1S/C33H35NO6/c1-19(2)40-26-16-13-22(17-20(26)3)29(35)27-28(21-11-14-24(15-12-21)33(4,5)6)34(31(37)30(27)36)25-10-8-9-23(18-25)32(38)39-7/h8-19,28,35H,1-7H3/b29-27+. The maximum Gasteiger partial charge on any atom is 0.337 e. The van der Waals surface area contributed by atoms with E-state index in [1.807, 2.05) is 45.0 Å². The molecule has 1 aliphatic heterocycles. The summed E-state index contributed by atoms with van der Waals surface area (Å²) in [5.41, 5.74) is 3.34. The van der Waals surface area contributed by atoms with Crippen molar-refractivity contribution >= 4 is 29.1 Å². The van der Waals surface area contributed by atoms with Gasteiger partial charge in [-0.05, 0) is 79.3 Å². The minimum atomic E-state index is -0.922. The number of amides is 1. The number of hydrogen-bond acceptors (Lipinski definition) is 6. The van der Waals surface area contributed by atoms with E-state index < -0.39 is 23.7 Å². The molecule has 0 saturated carbocycles. The van der Waals surface area contributed by atoms with Crippen LogP contribution in [0.15, 0.2) is 72.3 Å². The van der Waals surface area contributed by atoms with Crippen molar-refractivity contribution in [1.82, 2.24) is 0 Å². The Hall–Kier alpha value is -4.39. The van der Waals surface area contributed by atoms with Gasteiger partial charge in [0.2, 0.25) is 0 Å². The molecule has 3 aromatic rings. The summed E-state index contributed by atoms with van der Waals surface area (Å²) < 4.78 is 10.7. The Balaban J connectivity index is 1.91. The van der Waals surface area contributed by atoms with Crippen molar-refractivity contribution in [1.29, 1.82) is 0 Å². The van der Waals surface area contributed by atoms with Crippen molar-refractivity contribution in [3.63, 3.8) is 0 Å². The van der Waals surface area contributed by atoms with Crippen molar-refractivity contribution in [2.75, 3.05) is 12.0 Å². The number of carbonyl (C=O) groups excluding carboxylic acids is 3. The monoisotopic (exact) mass is 541 g/mol. The number of nitrogens with zero attached hydrogens (tertiary/aromatic N) is 1. The molecule has 7 heteroatoms. The van der Waals surface area contributed by atoms with Gasteiger partial charge in [0.1, 0.15) is 11.5 Å². The number of aliphatic hydroxyl groups excluding tert-OH is 1. The predicted molar refractivity (Wildman–Crippen MR) is 155 cm³/mol. The van der Waals surface area contributed by atoms with Gasteiger partial charge in [0.25, 0.3) is 11.7 Å². The van der Waals surface area contributed by atoms with Crippen LogP contribution in [-0.4, -0.2) is 36.0 Å². The molecular weight excluding hydrogens is 506 g/mol. The summed E-state index contributed by atoms with van der Waals surface area (Å²) in [6.45, 7) is 12.0. The second kappa shape index (κ2) is 11.0. The van der Waals surface area contributed by atoms with E-state index in [9.17, 15) is 19.5 Å². The van der Waals surface area contributed by atoms with Crippen LogP contribution < -0.4 is 9.64 Å². The minimum absolute atomic E-state index is 0.0275. The largest absolute Gasteiger partial charge is 0.507 e. The third kappa shape index (κ3) is 5.50. The molecule has 1 amide bonds. The zero-order valence-corrected chi connectivity index (χ0v) is 23.9. The van der Waals surface area contributed by atoms with Gasteiger partial charge in [-0.3, -0.25) is 14.5 Å². The van der Waals surface area contributed by atoms with E-state index in [1.165, 1.54) is 18.1 Å². The maximum atomic E-state index is 13.6. The summed E-state index contributed by atoms with van der Waals surface area (Å²) in [7, 11) is 1.28. The summed E-state index contributed by atoms with van der Waals surface area (Å²) in [5, 5.41) is 11.5. The van der Waals surface area contributed by atoms with Crippen LogP contribution in [0.2, 0.25) is 0 Å². The molecule has 0 radical (unpaired) electrons. The van der Waals surface area contributed by atoms with Crippen LogP contribution in [0, 0.1) is 6.92 Å². The first-order valence-electron chi connectivity index (χ1n) is 13.2. The number of esters is 1. The molecule has 1 fully saturated rings. The maximum absolute atomic E-state index is 13.6. The number of methoxy groups -OCH3 is 1. The lowest BCUT2D eigenvalue weighted by Gasteiger charge is -2.27. The third-order valence-corrected chi connectivity index (χ3v) is 6.89. The molecule has 40 heavy (non-hydrogen) atoms. The second-order valence-corrected chi connectivity index (χ2v) is 11.2. The van der Waals surface area contributed by atoms with Gasteiger partial charge in [0.15, 0.2) is 0 Å². The Morgan fingerprint density at radius 2 is 1.62 bits per heavy atom. The smallest absolute Gasteiger partial charge is 0.337 e. The minimum Gasteiger partial charge on any atom is -0.507 e. The van der Waals surface area contributed by atoms with E-state index in [4.69, 9.17) is 9.47 Å². The number of rotatable bonds is 6. The first-order valence-corrected chi connectivity index (χ1v) is 13.2. The van der Waals surface area contributed by atoms with Gasteiger partial charge in [-0.2, -0.15) is 0 Å². The number of aliphatic hydroxyl groups is 1. The zero-order chi connectivity index (χ0) is 29.4. The van der Waals surface area contributed by atoms with Crippen LogP contribution in [0.4, 0.5) is 5.69 Å². The van der Waals surface area contributed by atoms with Crippen molar-refractivity contribution in [2.24, 2.45) is 0 Å². The molecule has 1 N–H and O–H groups in total. The Labute approximate surface area is 235 Å². The highest BCUT2D eigenvalue weighted by molar-refractivity contribution is 6.51. The van der Waals surface area contributed by atoms with E-state index in [1.54, 1.807) is 36.4 Å². The van der Waals surface area contributed by atoms with Crippen LogP contribution in [0.5, 0.6) is 5.75 Å². The Morgan fingerprint density at radius 1 is 0.950 bits per heavy atom. The topological polar surface area (TPSA) is 93.1 Å². The normalized spacial score (nSPS) is 16.9. The van der Waals surface area contributed by atoms with Gasteiger partial charge in [0, 0.05) is 11.3 Å². The van der Waals surface area contributed by atoms with Crippen LogP contribution in [0.25, 0.3) is 5.76 Å². The molecule has 3 aromatic carbocycles. The molecule has 0 aliphatic carbocycles. The molecule has 4 rings (SSSR count). The number of ketones is 1. The Morgan fingerprint density at radius 3 is 2.20 bits per heavy atom. The fraction of sp³-hybridized carbons (Fsp3) is 0.303. The fourth-order valence-electron chi connectivity index (χ4n) is 4.82. The van der Waals surface area contributed by atoms with Crippen LogP contribution in [0.3, 0.4) is 0 Å². The average Bonchev–Trinajstić information content (AvgIpc) is 3.18. The number of anilines is 1. The molecular formula is C33H35NO6. The first kappa shape index (κ1) is 28.6. The van der Waals surface area contributed by atoms with Gasteiger partial charge < -0.3 is 14.6 Å².